The van der Waals surface area contributed by atoms with Crippen molar-refractivity contribution in [1.29, 1.82) is 0 Å². The van der Waals surface area contributed by atoms with E-state index in [9.17, 15) is 22.8 Å². The number of para-hydroxylation sites is 1. The summed E-state index contributed by atoms with van der Waals surface area (Å²) < 4.78 is 34.0. The van der Waals surface area contributed by atoms with Crippen LogP contribution in [0, 0.1) is 0 Å². The molecule has 1 aromatic heterocycles. The van der Waals surface area contributed by atoms with Crippen LogP contribution in [0.15, 0.2) is 90.0 Å². The summed E-state index contributed by atoms with van der Waals surface area (Å²) >= 11 is 6.16. The molecule has 0 atom stereocenters. The van der Waals surface area contributed by atoms with E-state index in [4.69, 9.17) is 16.3 Å². The Kier molecular flexibility index (Phi) is 8.32. The molecule has 1 aliphatic heterocycles. The van der Waals surface area contributed by atoms with Crippen LogP contribution in [0.2, 0.25) is 5.02 Å². The van der Waals surface area contributed by atoms with Crippen molar-refractivity contribution in [3.8, 4) is 5.75 Å². The second-order valence-electron chi connectivity index (χ2n) is 9.54. The Bertz CT molecular complexity index is 1790. The molecule has 1 aliphatic rings. The number of ketones is 1. The van der Waals surface area contributed by atoms with Crippen molar-refractivity contribution in [3.05, 3.63) is 101 Å². The van der Waals surface area contributed by atoms with E-state index in [0.717, 1.165) is 0 Å². The Morgan fingerprint density at radius 3 is 2.31 bits per heavy atom. The maximum Gasteiger partial charge on any atom is 0.261 e. The van der Waals surface area contributed by atoms with Crippen LogP contribution in [-0.2, 0) is 14.8 Å². The van der Waals surface area contributed by atoms with Gasteiger partial charge in [0.1, 0.15) is 5.75 Å². The molecule has 2 heterocycles. The third-order valence-electron chi connectivity index (χ3n) is 6.93. The van der Waals surface area contributed by atoms with Crippen molar-refractivity contribution in [2.75, 3.05) is 38.0 Å². The number of ether oxygens (including phenoxy) is 1. The Morgan fingerprint density at radius 2 is 1.60 bits per heavy atom. The van der Waals surface area contributed by atoms with Crippen molar-refractivity contribution in [2.24, 2.45) is 0 Å². The second-order valence-corrected chi connectivity index (χ2v) is 11.6. The molecule has 0 bridgehead atoms. The van der Waals surface area contributed by atoms with Crippen molar-refractivity contribution in [2.45, 2.75) is 4.90 Å². The molecule has 0 unspecified atom stereocenters. The number of hydrogen-bond donors (Lipinski definition) is 2. The second kappa shape index (κ2) is 12.1. The number of carbonyl (C=O) groups is 3. The molecule has 4 aromatic rings. The molecule has 216 valence electrons. The summed E-state index contributed by atoms with van der Waals surface area (Å²) in [5.41, 5.74) is 1.52. The predicted molar refractivity (Wildman–Crippen MR) is 160 cm³/mol. The summed E-state index contributed by atoms with van der Waals surface area (Å²) in [6.07, 6.45) is 4.04. The minimum atomic E-state index is -4.02. The topological polar surface area (TPSA) is 129 Å². The number of halogens is 1. The molecule has 0 spiro atoms. The number of piperazine rings is 1. The number of aromatic nitrogens is 1. The van der Waals surface area contributed by atoms with Crippen molar-refractivity contribution in [1.82, 2.24) is 14.8 Å². The molecule has 5 rings (SSSR count). The van der Waals surface area contributed by atoms with Gasteiger partial charge in [-0.05, 0) is 54.6 Å². The van der Waals surface area contributed by atoms with Gasteiger partial charge in [-0.1, -0.05) is 29.8 Å². The van der Waals surface area contributed by atoms with Crippen LogP contribution >= 0.6 is 11.6 Å². The van der Waals surface area contributed by atoms with Gasteiger partial charge in [0, 0.05) is 55.0 Å². The minimum absolute atomic E-state index is 0.0662. The summed E-state index contributed by atoms with van der Waals surface area (Å²) in [5.74, 6) is -0.359. The number of sulfonamides is 1. The molecule has 0 radical (unpaired) electrons. The number of methoxy groups -OCH3 is 1. The van der Waals surface area contributed by atoms with Crippen LogP contribution in [0.4, 0.5) is 5.69 Å². The van der Waals surface area contributed by atoms with Crippen LogP contribution in [-0.4, -0.2) is 74.1 Å². The lowest BCUT2D eigenvalue weighted by atomic mass is 10.1. The molecule has 3 aromatic carbocycles. The fourth-order valence-electron chi connectivity index (χ4n) is 4.62. The number of hydrogen-bond acceptors (Lipinski definition) is 6. The number of nitrogens with zero attached hydrogens (tertiary/aromatic N) is 2. The molecular formula is C30H27ClN4O6S. The first-order valence-corrected chi connectivity index (χ1v) is 14.9. The standard InChI is InChI=1S/C30H27ClN4O6S/c1-41-22-10-8-20(9-11-22)27(36)12-13-28(37)34-14-16-35(17-15-34)30(38)21-4-2-5-23(18-21)42(39,40)33-26-7-3-6-24-25(31)19-32-29(24)26/h2-13,18-19,32-33H,14-17H2,1H3/b13-12+. The lowest BCUT2D eigenvalue weighted by Crippen LogP contribution is -2.50. The monoisotopic (exact) mass is 606 g/mol. The molecule has 2 amide bonds. The van der Waals surface area contributed by atoms with Crippen LogP contribution in [0.3, 0.4) is 0 Å². The summed E-state index contributed by atoms with van der Waals surface area (Å²) in [5, 5.41) is 1.15. The molecule has 1 saturated heterocycles. The van der Waals surface area contributed by atoms with Gasteiger partial charge < -0.3 is 19.5 Å². The highest BCUT2D eigenvalue weighted by atomic mass is 35.5. The molecule has 10 nitrogen and oxygen atoms in total. The highest BCUT2D eigenvalue weighted by Gasteiger charge is 2.25. The molecule has 1 fully saturated rings. The predicted octanol–water partition coefficient (Wildman–Crippen LogP) is 4.35. The lowest BCUT2D eigenvalue weighted by Gasteiger charge is -2.34. The van der Waals surface area contributed by atoms with Gasteiger partial charge in [0.2, 0.25) is 5.91 Å². The van der Waals surface area contributed by atoms with E-state index in [2.05, 4.69) is 9.71 Å². The van der Waals surface area contributed by atoms with E-state index >= 15 is 0 Å². The van der Waals surface area contributed by atoms with Gasteiger partial charge in [-0.15, -0.1) is 0 Å². The SMILES string of the molecule is COc1ccc(C(=O)/C=C/C(=O)N2CCN(C(=O)c3cccc(S(=O)(=O)Nc4cccc5c(Cl)c[nH]c45)c3)CC2)cc1. The lowest BCUT2D eigenvalue weighted by molar-refractivity contribution is -0.127. The van der Waals surface area contributed by atoms with Crippen LogP contribution in [0.1, 0.15) is 20.7 Å². The molecule has 0 aliphatic carbocycles. The number of rotatable bonds is 8. The Labute approximate surface area is 247 Å². The number of fused-ring (bicyclic) bond motifs is 1. The largest absolute Gasteiger partial charge is 0.497 e. The van der Waals surface area contributed by atoms with Crippen LogP contribution in [0.5, 0.6) is 5.75 Å². The minimum Gasteiger partial charge on any atom is -0.497 e. The Balaban J connectivity index is 1.20. The summed E-state index contributed by atoms with van der Waals surface area (Å²) in [6.45, 7) is 1.06. The van der Waals surface area contributed by atoms with Gasteiger partial charge in [-0.2, -0.15) is 0 Å². The van der Waals surface area contributed by atoms with Gasteiger partial charge in [-0.3, -0.25) is 19.1 Å². The normalized spacial score (nSPS) is 13.9. The van der Waals surface area contributed by atoms with Crippen molar-refractivity contribution >= 4 is 55.8 Å². The van der Waals surface area contributed by atoms with E-state index in [-0.39, 0.29) is 54.2 Å². The van der Waals surface area contributed by atoms with Crippen molar-refractivity contribution in [3.63, 3.8) is 0 Å². The first-order valence-electron chi connectivity index (χ1n) is 13.0. The molecule has 12 heteroatoms. The fourth-order valence-corrected chi connectivity index (χ4v) is 5.95. The summed E-state index contributed by atoms with van der Waals surface area (Å²) in [4.78, 5) is 44.3. The van der Waals surface area contributed by atoms with Crippen LogP contribution in [0.25, 0.3) is 10.9 Å². The van der Waals surface area contributed by atoms with E-state index in [1.54, 1.807) is 64.5 Å². The van der Waals surface area contributed by atoms with Gasteiger partial charge in [0.05, 0.1) is 28.2 Å². The van der Waals surface area contributed by atoms with Crippen molar-refractivity contribution < 1.29 is 27.5 Å². The summed E-state index contributed by atoms with van der Waals surface area (Å²) in [6, 6.07) is 17.5. The van der Waals surface area contributed by atoms with E-state index in [1.807, 2.05) is 0 Å². The quantitative estimate of drug-likeness (QED) is 0.227. The van der Waals surface area contributed by atoms with E-state index < -0.39 is 10.0 Å². The number of amides is 2. The fraction of sp³-hybridized carbons (Fsp3) is 0.167. The van der Waals surface area contributed by atoms with Gasteiger partial charge in [-0.25, -0.2) is 8.42 Å². The van der Waals surface area contributed by atoms with E-state index in [0.29, 0.717) is 32.9 Å². The first-order chi connectivity index (χ1) is 20.2. The zero-order chi connectivity index (χ0) is 29.9. The molecular weight excluding hydrogens is 580 g/mol. The molecule has 2 N–H and O–H groups in total. The number of anilines is 1. The maximum absolute atomic E-state index is 13.2. The highest BCUT2D eigenvalue weighted by Crippen LogP contribution is 2.30. The number of H-pyrrole nitrogens is 1. The Hall–Kier alpha value is -4.61. The summed E-state index contributed by atoms with van der Waals surface area (Å²) in [7, 11) is -2.48. The third kappa shape index (κ3) is 6.17. The zero-order valence-corrected chi connectivity index (χ0v) is 24.1. The zero-order valence-electron chi connectivity index (χ0n) is 22.5. The highest BCUT2D eigenvalue weighted by molar-refractivity contribution is 7.92. The third-order valence-corrected chi connectivity index (χ3v) is 8.61. The maximum atomic E-state index is 13.2. The number of nitrogens with one attached hydrogen (secondary N) is 2. The van der Waals surface area contributed by atoms with Crippen LogP contribution < -0.4 is 9.46 Å². The number of carbonyl (C=O) groups excluding carboxylic acids is 3. The average molecular weight is 607 g/mol. The van der Waals surface area contributed by atoms with Gasteiger partial charge in [0.15, 0.2) is 5.78 Å². The molecule has 42 heavy (non-hydrogen) atoms. The average Bonchev–Trinajstić information content (AvgIpc) is 3.40. The number of allylic oxidation sites excluding steroid dienone is 1. The van der Waals surface area contributed by atoms with Gasteiger partial charge >= 0.3 is 0 Å². The van der Waals surface area contributed by atoms with Gasteiger partial charge in [0.25, 0.3) is 15.9 Å². The number of benzene rings is 3. The Morgan fingerprint density at radius 1 is 0.905 bits per heavy atom. The molecule has 0 saturated carbocycles. The van der Waals surface area contributed by atoms with E-state index in [1.165, 1.54) is 37.5 Å². The smallest absolute Gasteiger partial charge is 0.261 e. The number of aromatic amines is 1. The first kappa shape index (κ1) is 28.9.